The number of thioether (sulfide) groups is 1. The lowest BCUT2D eigenvalue weighted by atomic mass is 10.1. The lowest BCUT2D eigenvalue weighted by molar-refractivity contribution is -0.903. The Balaban J connectivity index is 1.37. The van der Waals surface area contributed by atoms with Crippen LogP contribution < -0.4 is 19.1 Å². The van der Waals surface area contributed by atoms with Crippen LogP contribution in [0.5, 0.6) is 5.75 Å². The topological polar surface area (TPSA) is 19.6 Å². The van der Waals surface area contributed by atoms with Gasteiger partial charge in [0.25, 0.3) is 5.82 Å². The van der Waals surface area contributed by atoms with Crippen LogP contribution in [0, 0.1) is 0 Å². The van der Waals surface area contributed by atoms with E-state index in [1.54, 1.807) is 7.11 Å². The molecule has 236 valence electrons. The third kappa shape index (κ3) is 6.93. The normalized spacial score (nSPS) is 13.8. The summed E-state index contributed by atoms with van der Waals surface area (Å²) in [6.45, 7) is 6.30. The van der Waals surface area contributed by atoms with Crippen molar-refractivity contribution in [3.8, 4) is 11.4 Å². The van der Waals surface area contributed by atoms with Crippen LogP contribution in [0.1, 0.15) is 30.9 Å². The van der Waals surface area contributed by atoms with Crippen LogP contribution in [0.4, 0.5) is 11.5 Å². The summed E-state index contributed by atoms with van der Waals surface area (Å²) in [7, 11) is 8.58. The van der Waals surface area contributed by atoms with Crippen molar-refractivity contribution in [3.63, 3.8) is 0 Å². The lowest BCUT2D eigenvalue weighted by Crippen LogP contribution is -2.44. The van der Waals surface area contributed by atoms with Crippen LogP contribution in [-0.2, 0) is 6.54 Å². The Morgan fingerprint density at radius 3 is 2.41 bits per heavy atom. The van der Waals surface area contributed by atoms with E-state index in [4.69, 9.17) is 4.74 Å². The van der Waals surface area contributed by atoms with Gasteiger partial charge in [0.15, 0.2) is 0 Å². The third-order valence-corrected chi connectivity index (χ3v) is 9.95. The van der Waals surface area contributed by atoms with Gasteiger partial charge < -0.3 is 14.1 Å². The van der Waals surface area contributed by atoms with Crippen LogP contribution in [0.3, 0.4) is 0 Å². The number of pyridine rings is 1. The molecule has 1 aliphatic heterocycles. The number of ether oxygens (including phenoxy) is 1. The van der Waals surface area contributed by atoms with Gasteiger partial charge in [0.05, 0.1) is 51.6 Å². The van der Waals surface area contributed by atoms with Crippen molar-refractivity contribution in [2.24, 2.45) is 0 Å². The molecule has 6 heteroatoms. The number of para-hydroxylation sites is 3. The molecule has 0 atom stereocenters. The Labute approximate surface area is 278 Å². The first-order valence-electron chi connectivity index (χ1n) is 16.3. The van der Waals surface area contributed by atoms with Crippen LogP contribution in [0.15, 0.2) is 119 Å². The van der Waals surface area contributed by atoms with Crippen molar-refractivity contribution in [2.75, 3.05) is 57.7 Å². The second kappa shape index (κ2) is 14.0. The fraction of sp³-hybridized carbons (Fsp3) is 0.275. The van der Waals surface area contributed by atoms with Gasteiger partial charge in [0.2, 0.25) is 0 Å². The number of benzene rings is 4. The molecule has 0 fully saturated rings. The summed E-state index contributed by atoms with van der Waals surface area (Å²) in [5.74, 6) is 2.16. The van der Waals surface area contributed by atoms with E-state index in [2.05, 4.69) is 152 Å². The highest BCUT2D eigenvalue weighted by Gasteiger charge is 2.27. The molecule has 0 saturated carbocycles. The molecular formula is C40H46N4OS+2. The number of aromatic nitrogens is 1. The molecule has 0 radical (unpaired) electrons. The number of hydrogen-bond donors (Lipinski definition) is 0. The summed E-state index contributed by atoms with van der Waals surface area (Å²) < 4.78 is 8.87. The van der Waals surface area contributed by atoms with Gasteiger partial charge in [-0.25, -0.2) is 0 Å². The molecule has 5 aromatic rings. The SMILES string of the molecule is CCCN(CCC[N+](C)(C)Cc1cccc(OC)c1)c1cc(C=C2Sc3ccccc3N2C)c2ccccc2[n+]1-c1ccccc1. The summed E-state index contributed by atoms with van der Waals surface area (Å²) in [4.78, 5) is 6.23. The number of fused-ring (bicyclic) bond motifs is 2. The Bertz CT molecular complexity index is 1830. The molecule has 0 bridgehead atoms. The van der Waals surface area contributed by atoms with Gasteiger partial charge >= 0.3 is 0 Å². The fourth-order valence-corrected chi connectivity index (χ4v) is 7.64. The summed E-state index contributed by atoms with van der Waals surface area (Å²) in [6.07, 6.45) is 4.54. The van der Waals surface area contributed by atoms with Crippen LogP contribution in [0.25, 0.3) is 22.7 Å². The molecule has 0 aliphatic carbocycles. The predicted molar refractivity (Wildman–Crippen MR) is 195 cm³/mol. The Hall–Kier alpha value is -4.26. The van der Waals surface area contributed by atoms with E-state index in [9.17, 15) is 0 Å². The fourth-order valence-electron chi connectivity index (χ4n) is 6.54. The zero-order valence-corrected chi connectivity index (χ0v) is 28.6. The van der Waals surface area contributed by atoms with E-state index >= 15 is 0 Å². The van der Waals surface area contributed by atoms with Gasteiger partial charge in [-0.1, -0.05) is 79.3 Å². The maximum atomic E-state index is 5.49. The van der Waals surface area contributed by atoms with E-state index < -0.39 is 0 Å². The molecule has 0 unspecified atom stereocenters. The molecule has 5 nitrogen and oxygen atoms in total. The molecule has 0 saturated heterocycles. The minimum absolute atomic E-state index is 0.922. The predicted octanol–water partition coefficient (Wildman–Crippen LogP) is 8.55. The second-order valence-corrected chi connectivity index (χ2v) is 13.8. The van der Waals surface area contributed by atoms with Crippen molar-refractivity contribution in [3.05, 3.63) is 125 Å². The van der Waals surface area contributed by atoms with Gasteiger partial charge in [-0.15, -0.1) is 0 Å². The molecule has 6 rings (SSSR count). The van der Waals surface area contributed by atoms with Gasteiger partial charge in [-0.2, -0.15) is 4.57 Å². The molecule has 1 aliphatic rings. The summed E-state index contributed by atoms with van der Waals surface area (Å²) in [5.41, 5.74) is 6.22. The smallest absolute Gasteiger partial charge is 0.282 e. The highest BCUT2D eigenvalue weighted by atomic mass is 32.2. The average Bonchev–Trinajstić information content (AvgIpc) is 3.39. The Morgan fingerprint density at radius 2 is 1.63 bits per heavy atom. The van der Waals surface area contributed by atoms with Gasteiger partial charge in [0.1, 0.15) is 23.5 Å². The molecule has 0 N–H and O–H groups in total. The quantitative estimate of drug-likeness (QED) is 0.102. The third-order valence-electron chi connectivity index (χ3n) is 8.79. The van der Waals surface area contributed by atoms with E-state index in [0.29, 0.717) is 0 Å². The van der Waals surface area contributed by atoms with E-state index in [1.165, 1.54) is 49.1 Å². The maximum absolute atomic E-state index is 5.49. The zero-order valence-electron chi connectivity index (χ0n) is 27.8. The number of nitrogens with zero attached hydrogens (tertiary/aromatic N) is 4. The lowest BCUT2D eigenvalue weighted by Gasteiger charge is -2.30. The van der Waals surface area contributed by atoms with Crippen LogP contribution in [0.2, 0.25) is 0 Å². The van der Waals surface area contributed by atoms with E-state index in [-0.39, 0.29) is 0 Å². The molecular weight excluding hydrogens is 585 g/mol. The number of methoxy groups -OCH3 is 1. The number of quaternary nitrogens is 1. The second-order valence-electron chi connectivity index (χ2n) is 12.8. The summed E-state index contributed by atoms with van der Waals surface area (Å²) in [5, 5.41) is 2.49. The van der Waals surface area contributed by atoms with Crippen molar-refractivity contribution in [1.29, 1.82) is 0 Å². The van der Waals surface area contributed by atoms with Crippen LogP contribution >= 0.6 is 11.8 Å². The molecule has 4 aromatic carbocycles. The Morgan fingerprint density at radius 1 is 0.870 bits per heavy atom. The van der Waals surface area contributed by atoms with Crippen molar-refractivity contribution in [2.45, 2.75) is 31.2 Å². The number of rotatable bonds is 12. The first-order valence-corrected chi connectivity index (χ1v) is 17.1. The van der Waals surface area contributed by atoms with Gasteiger partial charge in [-0.05, 0) is 60.5 Å². The minimum atomic E-state index is 0.922. The first kappa shape index (κ1) is 31.7. The van der Waals surface area contributed by atoms with Crippen molar-refractivity contribution in [1.82, 2.24) is 0 Å². The van der Waals surface area contributed by atoms with Crippen LogP contribution in [-0.4, -0.2) is 52.4 Å². The molecule has 2 heterocycles. The van der Waals surface area contributed by atoms with Gasteiger partial charge in [0, 0.05) is 35.4 Å². The van der Waals surface area contributed by atoms with E-state index in [0.717, 1.165) is 49.3 Å². The minimum Gasteiger partial charge on any atom is -0.497 e. The highest BCUT2D eigenvalue weighted by Crippen LogP contribution is 2.45. The molecule has 46 heavy (non-hydrogen) atoms. The first-order chi connectivity index (χ1) is 22.4. The van der Waals surface area contributed by atoms with Gasteiger partial charge in [-0.3, -0.25) is 4.90 Å². The zero-order chi connectivity index (χ0) is 32.1. The molecule has 1 aromatic heterocycles. The summed E-state index contributed by atoms with van der Waals surface area (Å²) >= 11 is 1.85. The van der Waals surface area contributed by atoms with Crippen molar-refractivity contribution >= 4 is 40.2 Å². The highest BCUT2D eigenvalue weighted by molar-refractivity contribution is 8.03. The number of anilines is 2. The Kier molecular flexibility index (Phi) is 9.67. The molecule has 0 amide bonds. The monoisotopic (exact) mass is 630 g/mol. The average molecular weight is 631 g/mol. The molecule has 0 spiro atoms. The standard InChI is InChI=1S/C40H46N4OS/c1-6-24-42(25-15-26-44(3,4)30-31-16-14-19-34(27-31)45-5)39-28-32(29-40-41(2)37-22-12-13-23-38(37)46-40)35-20-10-11-21-36(35)43(39)33-17-8-7-9-18-33/h7-14,16-23,27-29H,6,15,24-26,30H2,1-5H3/q+2. The number of hydrogen-bond acceptors (Lipinski definition) is 4. The largest absolute Gasteiger partial charge is 0.497 e. The van der Waals surface area contributed by atoms with E-state index in [1.807, 2.05) is 17.8 Å². The summed E-state index contributed by atoms with van der Waals surface area (Å²) in [6, 6.07) is 39.3. The van der Waals surface area contributed by atoms with Crippen molar-refractivity contribution < 1.29 is 13.8 Å². The maximum Gasteiger partial charge on any atom is 0.282 e.